The van der Waals surface area contributed by atoms with Gasteiger partial charge in [0.2, 0.25) is 0 Å². The molecule has 0 spiro atoms. The summed E-state index contributed by atoms with van der Waals surface area (Å²) in [4.78, 5) is 9.87. The molecule has 2 aromatic heterocycles. The Hall–Kier alpha value is -2.68. The summed E-state index contributed by atoms with van der Waals surface area (Å²) in [6, 6.07) is 8.60. The van der Waals surface area contributed by atoms with Crippen molar-refractivity contribution in [1.82, 2.24) is 9.97 Å². The topological polar surface area (TPSA) is 91.5 Å². The van der Waals surface area contributed by atoms with Crippen LogP contribution in [0.25, 0.3) is 10.9 Å². The van der Waals surface area contributed by atoms with E-state index in [4.69, 9.17) is 5.26 Å². The van der Waals surface area contributed by atoms with Crippen molar-refractivity contribution in [3.05, 3.63) is 35.7 Å². The molecule has 1 atom stereocenters. The number of thiazole rings is 1. The van der Waals surface area contributed by atoms with Gasteiger partial charge in [0.25, 0.3) is 0 Å². The van der Waals surface area contributed by atoms with Gasteiger partial charge in [0.05, 0.1) is 35.0 Å². The van der Waals surface area contributed by atoms with Crippen LogP contribution in [0.4, 0.5) is 10.8 Å². The van der Waals surface area contributed by atoms with Crippen molar-refractivity contribution in [1.29, 1.82) is 10.5 Å². The SMILES string of the molecule is Cc1ccc(NSc2cnc(N3CC[C@H](C#N)C3)s2)c2[nH]cc(C#N)c12. The zero-order chi connectivity index (χ0) is 18.1. The molecule has 0 aliphatic carbocycles. The van der Waals surface area contributed by atoms with Gasteiger partial charge in [-0.3, -0.25) is 0 Å². The third-order valence-corrected chi connectivity index (χ3v) is 6.52. The molecule has 6 nitrogen and oxygen atoms in total. The van der Waals surface area contributed by atoms with Crippen LogP contribution >= 0.6 is 23.3 Å². The van der Waals surface area contributed by atoms with Crippen molar-refractivity contribution in [2.45, 2.75) is 17.6 Å². The smallest absolute Gasteiger partial charge is 0.186 e. The number of nitrogens with zero attached hydrogens (tertiary/aromatic N) is 4. The average molecular weight is 381 g/mol. The van der Waals surface area contributed by atoms with Crippen molar-refractivity contribution in [3.63, 3.8) is 0 Å². The van der Waals surface area contributed by atoms with Crippen molar-refractivity contribution in [2.24, 2.45) is 5.92 Å². The number of nitrogens with one attached hydrogen (secondary N) is 2. The van der Waals surface area contributed by atoms with Crippen molar-refractivity contribution < 1.29 is 0 Å². The summed E-state index contributed by atoms with van der Waals surface area (Å²) in [6.45, 7) is 3.66. The molecule has 3 aromatic rings. The van der Waals surface area contributed by atoms with Gasteiger partial charge in [0.15, 0.2) is 5.13 Å². The predicted octanol–water partition coefficient (Wildman–Crippen LogP) is 4.27. The maximum atomic E-state index is 9.26. The summed E-state index contributed by atoms with van der Waals surface area (Å²) >= 11 is 3.13. The first-order chi connectivity index (χ1) is 12.7. The van der Waals surface area contributed by atoms with E-state index in [-0.39, 0.29) is 5.92 Å². The van der Waals surface area contributed by atoms with E-state index >= 15 is 0 Å². The number of nitriles is 2. The maximum Gasteiger partial charge on any atom is 0.186 e. The summed E-state index contributed by atoms with van der Waals surface area (Å²) in [7, 11) is 0. The first kappa shape index (κ1) is 16.8. The number of aromatic nitrogens is 2. The highest BCUT2D eigenvalue weighted by molar-refractivity contribution is 8.02. The van der Waals surface area contributed by atoms with Crippen LogP contribution in [-0.4, -0.2) is 23.1 Å². The normalized spacial score (nSPS) is 16.6. The zero-order valence-corrected chi connectivity index (χ0v) is 15.7. The third kappa shape index (κ3) is 2.98. The highest BCUT2D eigenvalue weighted by Crippen LogP contribution is 2.35. The highest BCUT2D eigenvalue weighted by atomic mass is 32.2. The molecule has 0 bridgehead atoms. The first-order valence-electron chi connectivity index (χ1n) is 8.23. The summed E-state index contributed by atoms with van der Waals surface area (Å²) in [5.74, 6) is 0.108. The van der Waals surface area contributed by atoms with Gasteiger partial charge in [-0.05, 0) is 36.9 Å². The van der Waals surface area contributed by atoms with Crippen LogP contribution in [0.2, 0.25) is 0 Å². The molecule has 1 saturated heterocycles. The van der Waals surface area contributed by atoms with E-state index in [0.717, 1.165) is 51.0 Å². The van der Waals surface area contributed by atoms with Crippen LogP contribution in [0.3, 0.4) is 0 Å². The Balaban J connectivity index is 1.50. The quantitative estimate of drug-likeness (QED) is 0.657. The lowest BCUT2D eigenvalue weighted by molar-refractivity contribution is 0.754. The molecule has 26 heavy (non-hydrogen) atoms. The van der Waals surface area contributed by atoms with Gasteiger partial charge in [-0.15, -0.1) is 0 Å². The van der Waals surface area contributed by atoms with Crippen molar-refractivity contribution >= 4 is 45.0 Å². The van der Waals surface area contributed by atoms with Crippen LogP contribution in [0, 0.1) is 35.5 Å². The molecule has 2 N–H and O–H groups in total. The van der Waals surface area contributed by atoms with E-state index in [9.17, 15) is 5.26 Å². The van der Waals surface area contributed by atoms with Crippen LogP contribution in [0.5, 0.6) is 0 Å². The highest BCUT2D eigenvalue weighted by Gasteiger charge is 2.24. The van der Waals surface area contributed by atoms with Crippen LogP contribution in [-0.2, 0) is 0 Å². The molecular formula is C18H16N6S2. The minimum absolute atomic E-state index is 0.108. The number of fused-ring (bicyclic) bond motifs is 1. The first-order valence-corrected chi connectivity index (χ1v) is 9.87. The Labute approximate surface area is 159 Å². The fraction of sp³-hybridized carbons (Fsp3) is 0.278. The Morgan fingerprint density at radius 1 is 1.42 bits per heavy atom. The van der Waals surface area contributed by atoms with Gasteiger partial charge in [-0.25, -0.2) is 4.98 Å². The molecule has 1 aliphatic rings. The van der Waals surface area contributed by atoms with Gasteiger partial charge in [0, 0.05) is 24.7 Å². The number of anilines is 2. The largest absolute Gasteiger partial charge is 0.358 e. The van der Waals surface area contributed by atoms with Crippen molar-refractivity contribution in [2.75, 3.05) is 22.7 Å². The second-order valence-electron chi connectivity index (χ2n) is 6.22. The van der Waals surface area contributed by atoms with E-state index in [1.807, 2.05) is 25.3 Å². The third-order valence-electron chi connectivity index (χ3n) is 4.54. The van der Waals surface area contributed by atoms with E-state index in [0.29, 0.717) is 5.56 Å². The Morgan fingerprint density at radius 3 is 3.08 bits per heavy atom. The summed E-state index contributed by atoms with van der Waals surface area (Å²) in [6.07, 6.45) is 4.52. The van der Waals surface area contributed by atoms with E-state index in [2.05, 4.69) is 31.7 Å². The average Bonchev–Trinajstić information content (AvgIpc) is 3.39. The van der Waals surface area contributed by atoms with Crippen LogP contribution < -0.4 is 9.62 Å². The van der Waals surface area contributed by atoms with Gasteiger partial charge in [-0.2, -0.15) is 10.5 Å². The second-order valence-corrected chi connectivity index (χ2v) is 8.34. The van der Waals surface area contributed by atoms with Gasteiger partial charge in [0.1, 0.15) is 10.3 Å². The Bertz CT molecular complexity index is 1040. The molecule has 3 heterocycles. The molecule has 1 aliphatic heterocycles. The lowest BCUT2D eigenvalue weighted by atomic mass is 10.1. The monoisotopic (exact) mass is 380 g/mol. The molecule has 0 amide bonds. The predicted molar refractivity (Wildman–Crippen MR) is 105 cm³/mol. The summed E-state index contributed by atoms with van der Waals surface area (Å²) in [5.41, 5.74) is 3.62. The number of hydrogen-bond acceptors (Lipinski definition) is 7. The molecular weight excluding hydrogens is 364 g/mol. The Kier molecular flexibility index (Phi) is 4.46. The fourth-order valence-corrected chi connectivity index (χ4v) is 4.87. The minimum atomic E-state index is 0.108. The molecule has 0 saturated carbocycles. The second kappa shape index (κ2) is 6.91. The molecule has 8 heteroatoms. The van der Waals surface area contributed by atoms with Crippen LogP contribution in [0.1, 0.15) is 17.5 Å². The molecule has 1 fully saturated rings. The summed E-state index contributed by atoms with van der Waals surface area (Å²) < 4.78 is 4.42. The van der Waals surface area contributed by atoms with Gasteiger partial charge >= 0.3 is 0 Å². The molecule has 4 rings (SSSR count). The van der Waals surface area contributed by atoms with E-state index < -0.39 is 0 Å². The number of aryl methyl sites for hydroxylation is 1. The van der Waals surface area contributed by atoms with Crippen molar-refractivity contribution in [3.8, 4) is 12.1 Å². The van der Waals surface area contributed by atoms with Gasteiger partial charge < -0.3 is 14.6 Å². The van der Waals surface area contributed by atoms with Gasteiger partial charge in [-0.1, -0.05) is 17.4 Å². The number of benzene rings is 1. The maximum absolute atomic E-state index is 9.26. The molecule has 0 radical (unpaired) electrons. The minimum Gasteiger partial charge on any atom is -0.358 e. The fourth-order valence-electron chi connectivity index (χ4n) is 3.18. The molecule has 1 aromatic carbocycles. The number of hydrogen-bond donors (Lipinski definition) is 2. The lowest BCUT2D eigenvalue weighted by Crippen LogP contribution is -2.18. The number of aromatic amines is 1. The molecule has 130 valence electrons. The number of H-pyrrole nitrogens is 1. The summed E-state index contributed by atoms with van der Waals surface area (Å²) in [5, 5.41) is 20.2. The number of rotatable bonds is 4. The van der Waals surface area contributed by atoms with Crippen LogP contribution in [0.15, 0.2) is 28.7 Å². The molecule has 0 unspecified atom stereocenters. The lowest BCUT2D eigenvalue weighted by Gasteiger charge is -2.12. The van der Waals surface area contributed by atoms with E-state index in [1.165, 1.54) is 11.9 Å². The zero-order valence-electron chi connectivity index (χ0n) is 14.1. The standard InChI is InChI=1S/C18H16N6S2/c1-11-2-3-14(17-16(11)13(7-20)8-21-17)23-26-15-9-22-18(25-15)24-5-4-12(6-19)10-24/h2-3,8-9,12,21,23H,4-5,10H2,1H3/t12-/m1/s1. The van der Waals surface area contributed by atoms with E-state index in [1.54, 1.807) is 17.5 Å². The Morgan fingerprint density at radius 2 is 2.31 bits per heavy atom.